The number of aromatic nitrogens is 4. The fourth-order valence-corrected chi connectivity index (χ4v) is 6.71. The molecular formula is C32H30N8O2. The largest absolute Gasteiger partial charge is 0.312 e. The van der Waals surface area contributed by atoms with Gasteiger partial charge in [-0.05, 0) is 47.2 Å². The topological polar surface area (TPSA) is 116 Å². The van der Waals surface area contributed by atoms with Crippen LogP contribution in [-0.4, -0.2) is 57.9 Å². The smallest absolute Gasteiger partial charge is 0.296 e. The number of hydrogen-bond donors (Lipinski definition) is 2. The van der Waals surface area contributed by atoms with E-state index in [1.54, 1.807) is 12.4 Å². The van der Waals surface area contributed by atoms with E-state index in [4.69, 9.17) is 0 Å². The van der Waals surface area contributed by atoms with Crippen LogP contribution >= 0.6 is 0 Å². The number of fused-ring (bicyclic) bond motifs is 4. The molecular weight excluding hydrogens is 528 g/mol. The molecule has 0 saturated heterocycles. The fraction of sp³-hybridized carbons (Fsp3) is 0.312. The van der Waals surface area contributed by atoms with E-state index in [9.17, 15) is 9.59 Å². The van der Waals surface area contributed by atoms with Crippen molar-refractivity contribution in [1.29, 1.82) is 0 Å². The fourth-order valence-electron chi connectivity index (χ4n) is 6.71. The van der Waals surface area contributed by atoms with E-state index in [-0.39, 0.29) is 23.5 Å². The van der Waals surface area contributed by atoms with Crippen LogP contribution in [0.5, 0.6) is 0 Å². The van der Waals surface area contributed by atoms with Crippen molar-refractivity contribution in [3.05, 3.63) is 94.1 Å². The van der Waals surface area contributed by atoms with Crippen molar-refractivity contribution in [2.45, 2.75) is 38.8 Å². The van der Waals surface area contributed by atoms with Crippen LogP contribution in [0, 0.1) is 0 Å². The molecule has 10 heteroatoms. The van der Waals surface area contributed by atoms with E-state index in [1.807, 2.05) is 34.1 Å². The predicted molar refractivity (Wildman–Crippen MR) is 158 cm³/mol. The van der Waals surface area contributed by atoms with Crippen LogP contribution in [0.15, 0.2) is 48.8 Å². The number of hydrogen-bond acceptors (Lipinski definition) is 8. The van der Waals surface area contributed by atoms with Crippen LogP contribution in [-0.2, 0) is 38.8 Å². The third-order valence-electron chi connectivity index (χ3n) is 8.83. The van der Waals surface area contributed by atoms with Crippen molar-refractivity contribution in [3.63, 3.8) is 0 Å². The molecule has 0 aliphatic carbocycles. The average Bonchev–Trinajstić information content (AvgIpc) is 3.68. The molecule has 210 valence electrons. The molecule has 4 aromatic rings. The first-order valence-electron chi connectivity index (χ1n) is 14.6. The number of rotatable bonds is 3. The van der Waals surface area contributed by atoms with Crippen molar-refractivity contribution in [1.82, 2.24) is 30.6 Å². The molecule has 0 radical (unpaired) electrons. The molecule has 8 rings (SSSR count). The number of carbonyl (C=O) groups is 2. The van der Waals surface area contributed by atoms with Crippen molar-refractivity contribution >= 4 is 23.2 Å². The van der Waals surface area contributed by atoms with E-state index in [1.165, 1.54) is 0 Å². The number of nitrogens with one attached hydrogen (secondary N) is 2. The Labute approximate surface area is 243 Å². The highest BCUT2D eigenvalue weighted by molar-refractivity contribution is 6.07. The quantitative estimate of drug-likeness (QED) is 0.394. The Bertz CT molecular complexity index is 1640. The summed E-state index contributed by atoms with van der Waals surface area (Å²) in [5.41, 5.74) is 10.3. The molecule has 4 aliphatic rings. The van der Waals surface area contributed by atoms with Gasteiger partial charge in [0, 0.05) is 87.0 Å². The molecule has 10 nitrogen and oxygen atoms in total. The van der Waals surface area contributed by atoms with E-state index < -0.39 is 0 Å². The Morgan fingerprint density at radius 1 is 0.643 bits per heavy atom. The molecule has 0 spiro atoms. The summed E-state index contributed by atoms with van der Waals surface area (Å²) in [5, 5.41) is 6.64. The number of carbonyl (C=O) groups excluding carboxylic acids is 2. The van der Waals surface area contributed by atoms with Gasteiger partial charge in [-0.1, -0.05) is 24.3 Å². The Morgan fingerprint density at radius 2 is 1.12 bits per heavy atom. The molecule has 0 saturated carbocycles. The highest BCUT2D eigenvalue weighted by Gasteiger charge is 2.33. The third-order valence-corrected chi connectivity index (χ3v) is 8.83. The van der Waals surface area contributed by atoms with Crippen LogP contribution in [0.25, 0.3) is 11.1 Å². The molecule has 0 unspecified atom stereocenters. The summed E-state index contributed by atoms with van der Waals surface area (Å²) in [5.74, 6) is 0.180. The van der Waals surface area contributed by atoms with E-state index in [0.29, 0.717) is 13.1 Å². The van der Waals surface area contributed by atoms with Gasteiger partial charge in [-0.15, -0.1) is 0 Å². The van der Waals surface area contributed by atoms with Gasteiger partial charge in [0.1, 0.15) is 0 Å². The maximum absolute atomic E-state index is 13.6. The summed E-state index contributed by atoms with van der Waals surface area (Å²) in [6.07, 6.45) is 6.65. The summed E-state index contributed by atoms with van der Waals surface area (Å²) in [6, 6.07) is 12.3. The minimum Gasteiger partial charge on any atom is -0.312 e. The van der Waals surface area contributed by atoms with Crippen molar-refractivity contribution in [2.24, 2.45) is 0 Å². The van der Waals surface area contributed by atoms with Gasteiger partial charge < -0.3 is 20.4 Å². The SMILES string of the molecule is O=C(c1ncc2c(n1)CCNC2)N1CCc2c(-c3cccc4c3CCN4C(=O)c3ncc4c(n3)CCNC4)cccc21. The summed E-state index contributed by atoms with van der Waals surface area (Å²) in [7, 11) is 0. The van der Waals surface area contributed by atoms with Gasteiger partial charge in [-0.25, -0.2) is 19.9 Å². The number of nitrogens with zero attached hydrogens (tertiary/aromatic N) is 6. The lowest BCUT2D eigenvalue weighted by molar-refractivity contribution is 0.0971. The third kappa shape index (κ3) is 4.09. The van der Waals surface area contributed by atoms with Gasteiger partial charge in [0.25, 0.3) is 11.8 Å². The molecule has 42 heavy (non-hydrogen) atoms. The van der Waals surface area contributed by atoms with Crippen molar-refractivity contribution in [3.8, 4) is 11.1 Å². The highest BCUT2D eigenvalue weighted by atomic mass is 16.2. The zero-order valence-corrected chi connectivity index (χ0v) is 23.2. The van der Waals surface area contributed by atoms with Crippen LogP contribution in [0.4, 0.5) is 11.4 Å². The Hall–Kier alpha value is -4.54. The van der Waals surface area contributed by atoms with Crippen LogP contribution < -0.4 is 20.4 Å². The summed E-state index contributed by atoms with van der Waals surface area (Å²) in [4.78, 5) is 48.9. The van der Waals surface area contributed by atoms with Gasteiger partial charge >= 0.3 is 0 Å². The van der Waals surface area contributed by atoms with E-state index in [0.717, 1.165) is 108 Å². The second-order valence-corrected chi connectivity index (χ2v) is 11.2. The van der Waals surface area contributed by atoms with Crippen LogP contribution in [0.2, 0.25) is 0 Å². The van der Waals surface area contributed by atoms with Crippen molar-refractivity contribution < 1.29 is 9.59 Å². The lowest BCUT2D eigenvalue weighted by Gasteiger charge is -2.20. The minimum absolute atomic E-state index is 0.164. The minimum atomic E-state index is -0.164. The zero-order chi connectivity index (χ0) is 28.2. The molecule has 0 atom stereocenters. The van der Waals surface area contributed by atoms with Crippen LogP contribution in [0.1, 0.15) is 54.9 Å². The summed E-state index contributed by atoms with van der Waals surface area (Å²) in [6.45, 7) is 4.35. The summed E-state index contributed by atoms with van der Waals surface area (Å²) < 4.78 is 0. The predicted octanol–water partition coefficient (Wildman–Crippen LogP) is 2.63. The molecule has 2 aromatic heterocycles. The van der Waals surface area contributed by atoms with Gasteiger partial charge in [0.05, 0.1) is 11.4 Å². The molecule has 2 amide bonds. The first-order chi connectivity index (χ1) is 20.7. The second kappa shape index (κ2) is 10.1. The molecule has 4 aliphatic heterocycles. The van der Waals surface area contributed by atoms with Gasteiger partial charge in [-0.3, -0.25) is 9.59 Å². The summed E-state index contributed by atoms with van der Waals surface area (Å²) >= 11 is 0. The second-order valence-electron chi connectivity index (χ2n) is 11.2. The number of benzene rings is 2. The highest BCUT2D eigenvalue weighted by Crippen LogP contribution is 2.42. The Kier molecular flexibility index (Phi) is 6.04. The average molecular weight is 559 g/mol. The maximum Gasteiger partial charge on any atom is 0.296 e. The lowest BCUT2D eigenvalue weighted by atomic mass is 9.93. The molecule has 6 heterocycles. The first-order valence-corrected chi connectivity index (χ1v) is 14.6. The van der Waals surface area contributed by atoms with Gasteiger partial charge in [0.15, 0.2) is 0 Å². The zero-order valence-electron chi connectivity index (χ0n) is 23.2. The van der Waals surface area contributed by atoms with Gasteiger partial charge in [-0.2, -0.15) is 0 Å². The molecule has 0 fully saturated rings. The van der Waals surface area contributed by atoms with E-state index in [2.05, 4.69) is 42.7 Å². The van der Waals surface area contributed by atoms with Gasteiger partial charge in [0.2, 0.25) is 11.6 Å². The van der Waals surface area contributed by atoms with Crippen molar-refractivity contribution in [2.75, 3.05) is 36.0 Å². The number of anilines is 2. The first kappa shape index (κ1) is 25.2. The Morgan fingerprint density at radius 3 is 1.60 bits per heavy atom. The maximum atomic E-state index is 13.6. The monoisotopic (exact) mass is 558 g/mol. The normalized spacial score (nSPS) is 17.0. The van der Waals surface area contributed by atoms with E-state index >= 15 is 0 Å². The molecule has 2 N–H and O–H groups in total. The molecule has 0 bridgehead atoms. The lowest BCUT2D eigenvalue weighted by Crippen LogP contribution is -2.32. The molecule has 2 aromatic carbocycles. The standard InChI is InChI=1S/C32H30N8O2/c41-31(29-35-17-19-15-33-11-7-25(19)37-29)39-13-9-23-21(3-1-5-27(23)39)22-4-2-6-28-24(22)10-14-40(28)32(42)30-36-18-20-16-34-12-8-26(20)38-30/h1-6,17-18,33-34H,7-16H2. The van der Waals surface area contributed by atoms with Crippen LogP contribution in [0.3, 0.4) is 0 Å². The Balaban J connectivity index is 1.10. The number of amides is 2.